The smallest absolute Gasteiger partial charge is 0.238 e. The highest BCUT2D eigenvalue weighted by atomic mass is 19.1. The molecule has 0 aliphatic heterocycles. The van der Waals surface area contributed by atoms with Gasteiger partial charge in [-0.3, -0.25) is 4.79 Å². The molecule has 2 N–H and O–H groups in total. The van der Waals surface area contributed by atoms with Crippen LogP contribution in [0.2, 0.25) is 0 Å². The molecule has 1 atom stereocenters. The number of nitrogens with one attached hydrogen (secondary N) is 2. The zero-order valence-electron chi connectivity index (χ0n) is 11.3. The molecule has 20 heavy (non-hydrogen) atoms. The first-order valence-electron chi connectivity index (χ1n) is 6.49. The Bertz CT molecular complexity index is 554. The van der Waals surface area contributed by atoms with Crippen LogP contribution in [0.5, 0.6) is 0 Å². The average molecular weight is 272 g/mol. The minimum Gasteiger partial charge on any atom is -0.325 e. The van der Waals surface area contributed by atoms with E-state index >= 15 is 0 Å². The number of hydrogen-bond donors (Lipinski definition) is 2. The molecule has 0 aromatic heterocycles. The summed E-state index contributed by atoms with van der Waals surface area (Å²) in [6.07, 6.45) is 0. The molecule has 2 rings (SSSR count). The quantitative estimate of drug-likeness (QED) is 0.878. The number of rotatable bonds is 5. The van der Waals surface area contributed by atoms with Gasteiger partial charge in [-0.2, -0.15) is 0 Å². The van der Waals surface area contributed by atoms with Crippen LogP contribution in [0.15, 0.2) is 54.6 Å². The number of hydrogen-bond acceptors (Lipinski definition) is 2. The second kappa shape index (κ2) is 6.82. The Kier molecular flexibility index (Phi) is 4.85. The third kappa shape index (κ3) is 4.17. The molecule has 1 amide bonds. The first-order valence-corrected chi connectivity index (χ1v) is 6.49. The van der Waals surface area contributed by atoms with Gasteiger partial charge in [-0.1, -0.05) is 30.3 Å². The Morgan fingerprint density at radius 2 is 1.75 bits per heavy atom. The number of anilines is 1. The normalized spacial score (nSPS) is 11.9. The van der Waals surface area contributed by atoms with E-state index in [1.807, 2.05) is 37.3 Å². The maximum Gasteiger partial charge on any atom is 0.238 e. The van der Waals surface area contributed by atoms with Crippen LogP contribution < -0.4 is 10.6 Å². The van der Waals surface area contributed by atoms with Gasteiger partial charge in [0.15, 0.2) is 0 Å². The molecule has 0 aliphatic carbocycles. The summed E-state index contributed by atoms with van der Waals surface area (Å²) in [4.78, 5) is 11.8. The van der Waals surface area contributed by atoms with Crippen LogP contribution in [0, 0.1) is 5.82 Å². The van der Waals surface area contributed by atoms with E-state index in [2.05, 4.69) is 10.6 Å². The monoisotopic (exact) mass is 272 g/mol. The molecule has 0 unspecified atom stereocenters. The first kappa shape index (κ1) is 14.2. The van der Waals surface area contributed by atoms with Crippen molar-refractivity contribution in [2.75, 3.05) is 11.9 Å². The van der Waals surface area contributed by atoms with Crippen molar-refractivity contribution >= 4 is 11.6 Å². The Hall–Kier alpha value is -2.20. The van der Waals surface area contributed by atoms with Crippen LogP contribution in [-0.2, 0) is 4.79 Å². The summed E-state index contributed by atoms with van der Waals surface area (Å²) in [5, 5.41) is 5.85. The highest BCUT2D eigenvalue weighted by Crippen LogP contribution is 2.11. The fourth-order valence-corrected chi connectivity index (χ4v) is 1.84. The molecular weight excluding hydrogens is 255 g/mol. The van der Waals surface area contributed by atoms with Gasteiger partial charge in [0, 0.05) is 11.7 Å². The number of benzene rings is 2. The van der Waals surface area contributed by atoms with Crippen LogP contribution >= 0.6 is 0 Å². The zero-order valence-corrected chi connectivity index (χ0v) is 11.3. The molecule has 0 saturated carbocycles. The molecule has 0 radical (unpaired) electrons. The fraction of sp³-hybridized carbons (Fsp3) is 0.188. The summed E-state index contributed by atoms with van der Waals surface area (Å²) in [5.41, 5.74) is 1.72. The van der Waals surface area contributed by atoms with Crippen molar-refractivity contribution in [1.82, 2.24) is 5.32 Å². The second-order valence-electron chi connectivity index (χ2n) is 4.57. The van der Waals surface area contributed by atoms with Crippen molar-refractivity contribution in [2.45, 2.75) is 13.0 Å². The molecule has 2 aromatic rings. The van der Waals surface area contributed by atoms with Crippen molar-refractivity contribution in [1.29, 1.82) is 0 Å². The number of amides is 1. The lowest BCUT2D eigenvalue weighted by Crippen LogP contribution is -2.30. The molecule has 0 spiro atoms. The molecule has 2 aromatic carbocycles. The summed E-state index contributed by atoms with van der Waals surface area (Å²) in [5.74, 6) is -0.474. The van der Waals surface area contributed by atoms with Crippen molar-refractivity contribution in [3.63, 3.8) is 0 Å². The van der Waals surface area contributed by atoms with Gasteiger partial charge in [-0.25, -0.2) is 4.39 Å². The van der Waals surface area contributed by atoms with E-state index in [1.54, 1.807) is 0 Å². The Morgan fingerprint density at radius 1 is 1.10 bits per heavy atom. The summed E-state index contributed by atoms with van der Waals surface area (Å²) in [6.45, 7) is 2.20. The van der Waals surface area contributed by atoms with E-state index in [-0.39, 0.29) is 24.3 Å². The molecule has 0 saturated heterocycles. The van der Waals surface area contributed by atoms with Gasteiger partial charge in [-0.05, 0) is 36.8 Å². The Balaban J connectivity index is 1.82. The van der Waals surface area contributed by atoms with E-state index < -0.39 is 0 Å². The minimum atomic E-state index is -0.321. The van der Waals surface area contributed by atoms with E-state index in [0.29, 0.717) is 5.69 Å². The molecule has 4 heteroatoms. The van der Waals surface area contributed by atoms with Gasteiger partial charge in [0.2, 0.25) is 5.91 Å². The van der Waals surface area contributed by atoms with Crippen molar-refractivity contribution in [3.05, 3.63) is 66.0 Å². The molecule has 104 valence electrons. The van der Waals surface area contributed by atoms with Gasteiger partial charge in [0.1, 0.15) is 5.82 Å². The molecule has 0 heterocycles. The lowest BCUT2D eigenvalue weighted by Gasteiger charge is -2.14. The van der Waals surface area contributed by atoms with Crippen LogP contribution in [0.3, 0.4) is 0 Å². The standard InChI is InChI=1S/C16H17FN2O/c1-12(13-5-3-2-4-6-13)18-11-16(20)19-15-9-7-14(17)8-10-15/h2-10,12,18H,11H2,1H3,(H,19,20)/t12-/m1/s1. The SMILES string of the molecule is C[C@@H](NCC(=O)Nc1ccc(F)cc1)c1ccccc1. The molecule has 0 bridgehead atoms. The van der Waals surface area contributed by atoms with Crippen LogP contribution in [0.1, 0.15) is 18.5 Å². The topological polar surface area (TPSA) is 41.1 Å². The number of halogens is 1. The molecule has 0 aliphatic rings. The van der Waals surface area contributed by atoms with Gasteiger partial charge in [0.05, 0.1) is 6.54 Å². The fourth-order valence-electron chi connectivity index (χ4n) is 1.84. The van der Waals surface area contributed by atoms with E-state index in [9.17, 15) is 9.18 Å². The van der Waals surface area contributed by atoms with Crippen LogP contribution in [-0.4, -0.2) is 12.5 Å². The van der Waals surface area contributed by atoms with Crippen molar-refractivity contribution in [2.24, 2.45) is 0 Å². The number of carbonyl (C=O) groups is 1. The number of carbonyl (C=O) groups excluding carboxylic acids is 1. The predicted molar refractivity (Wildman–Crippen MR) is 77.9 cm³/mol. The highest BCUT2D eigenvalue weighted by molar-refractivity contribution is 5.92. The maximum absolute atomic E-state index is 12.7. The summed E-state index contributed by atoms with van der Waals surface area (Å²) in [7, 11) is 0. The Morgan fingerprint density at radius 3 is 2.40 bits per heavy atom. The molecule has 0 fully saturated rings. The third-order valence-corrected chi connectivity index (χ3v) is 3.00. The molecule has 3 nitrogen and oxygen atoms in total. The van der Waals surface area contributed by atoms with Gasteiger partial charge < -0.3 is 10.6 Å². The predicted octanol–water partition coefficient (Wildman–Crippen LogP) is 3.12. The van der Waals surface area contributed by atoms with Crippen LogP contribution in [0.4, 0.5) is 10.1 Å². The Labute approximate surface area is 117 Å². The lowest BCUT2D eigenvalue weighted by atomic mass is 10.1. The zero-order chi connectivity index (χ0) is 14.4. The molecular formula is C16H17FN2O. The van der Waals surface area contributed by atoms with E-state index in [4.69, 9.17) is 0 Å². The van der Waals surface area contributed by atoms with Gasteiger partial charge >= 0.3 is 0 Å². The van der Waals surface area contributed by atoms with Crippen molar-refractivity contribution in [3.8, 4) is 0 Å². The van der Waals surface area contributed by atoms with Gasteiger partial charge in [-0.15, -0.1) is 0 Å². The summed E-state index contributed by atoms with van der Waals surface area (Å²) in [6, 6.07) is 15.7. The largest absolute Gasteiger partial charge is 0.325 e. The van der Waals surface area contributed by atoms with E-state index in [1.165, 1.54) is 24.3 Å². The van der Waals surface area contributed by atoms with Crippen LogP contribution in [0.25, 0.3) is 0 Å². The minimum absolute atomic E-state index is 0.0927. The van der Waals surface area contributed by atoms with Crippen molar-refractivity contribution < 1.29 is 9.18 Å². The average Bonchev–Trinajstić information content (AvgIpc) is 2.48. The maximum atomic E-state index is 12.7. The first-order chi connectivity index (χ1) is 9.65. The second-order valence-corrected chi connectivity index (χ2v) is 4.57. The third-order valence-electron chi connectivity index (χ3n) is 3.00. The van der Waals surface area contributed by atoms with Gasteiger partial charge in [0.25, 0.3) is 0 Å². The highest BCUT2D eigenvalue weighted by Gasteiger charge is 2.07. The summed E-state index contributed by atoms with van der Waals surface area (Å²) < 4.78 is 12.7. The summed E-state index contributed by atoms with van der Waals surface area (Å²) >= 11 is 0. The van der Waals surface area contributed by atoms with E-state index in [0.717, 1.165) is 5.56 Å². The lowest BCUT2D eigenvalue weighted by molar-refractivity contribution is -0.115.